The van der Waals surface area contributed by atoms with E-state index in [0.717, 1.165) is 27.1 Å². The van der Waals surface area contributed by atoms with E-state index in [-0.39, 0.29) is 35.0 Å². The lowest BCUT2D eigenvalue weighted by atomic mass is 9.90. The lowest BCUT2D eigenvalue weighted by Crippen LogP contribution is -2.47. The first-order valence-corrected chi connectivity index (χ1v) is 14.7. The van der Waals surface area contributed by atoms with Crippen LogP contribution in [0, 0.1) is 17.0 Å². The maximum absolute atomic E-state index is 13.8. The van der Waals surface area contributed by atoms with Crippen LogP contribution in [-0.4, -0.2) is 61.8 Å². The standard InChI is InChI=1S/C26H28ClN3O6S2/c1-18-6-3-4-7-20(18)26-21-11-15-37-24(21)10-13-29(26)25(31)17-28(12-5-14-36-2)38(34,35)19-8-9-22(27)23(16-19)30(32)33/h3-4,6-9,11,15-16,26H,5,10,12-14,17H2,1-2H3. The van der Waals surface area contributed by atoms with E-state index >= 15 is 0 Å². The molecular weight excluding hydrogens is 550 g/mol. The number of benzene rings is 2. The van der Waals surface area contributed by atoms with Gasteiger partial charge in [0.1, 0.15) is 5.02 Å². The molecule has 2 aromatic carbocycles. The normalized spacial score (nSPS) is 15.5. The van der Waals surface area contributed by atoms with E-state index in [9.17, 15) is 23.3 Å². The Balaban J connectivity index is 1.69. The maximum Gasteiger partial charge on any atom is 0.289 e. The van der Waals surface area contributed by atoms with Crippen molar-refractivity contribution >= 4 is 44.6 Å². The monoisotopic (exact) mass is 577 g/mol. The Labute approximate surface area is 230 Å². The molecule has 1 aliphatic heterocycles. The van der Waals surface area contributed by atoms with Crippen molar-refractivity contribution in [2.75, 3.05) is 33.4 Å². The lowest BCUT2D eigenvalue weighted by Gasteiger charge is -2.38. The van der Waals surface area contributed by atoms with Gasteiger partial charge in [-0.05, 0) is 60.0 Å². The molecule has 202 valence electrons. The van der Waals surface area contributed by atoms with Gasteiger partial charge >= 0.3 is 0 Å². The van der Waals surface area contributed by atoms with E-state index < -0.39 is 27.2 Å². The molecule has 12 heteroatoms. The topological polar surface area (TPSA) is 110 Å². The summed E-state index contributed by atoms with van der Waals surface area (Å²) in [6, 6.07) is 12.9. The minimum Gasteiger partial charge on any atom is -0.385 e. The fourth-order valence-corrected chi connectivity index (χ4v) is 7.21. The van der Waals surface area contributed by atoms with Gasteiger partial charge in [-0.15, -0.1) is 11.3 Å². The summed E-state index contributed by atoms with van der Waals surface area (Å²) >= 11 is 7.55. The fraction of sp³-hybridized carbons (Fsp3) is 0.346. The molecule has 3 aromatic rings. The number of thiophene rings is 1. The molecule has 1 atom stereocenters. The second-order valence-electron chi connectivity index (χ2n) is 8.95. The average Bonchev–Trinajstić information content (AvgIpc) is 3.37. The van der Waals surface area contributed by atoms with Gasteiger partial charge < -0.3 is 9.64 Å². The largest absolute Gasteiger partial charge is 0.385 e. The number of nitro groups is 1. The fourth-order valence-electron chi connectivity index (χ4n) is 4.67. The predicted octanol–water partition coefficient (Wildman–Crippen LogP) is 4.82. The highest BCUT2D eigenvalue weighted by atomic mass is 35.5. The van der Waals surface area contributed by atoms with Crippen LogP contribution in [0.3, 0.4) is 0 Å². The third kappa shape index (κ3) is 5.76. The van der Waals surface area contributed by atoms with Crippen LogP contribution in [0.15, 0.2) is 58.8 Å². The van der Waals surface area contributed by atoms with Crippen LogP contribution >= 0.6 is 22.9 Å². The third-order valence-corrected chi connectivity index (χ3v) is 9.75. The van der Waals surface area contributed by atoms with Crippen molar-refractivity contribution in [3.8, 4) is 0 Å². The Bertz CT molecular complexity index is 1440. The lowest BCUT2D eigenvalue weighted by molar-refractivity contribution is -0.384. The Morgan fingerprint density at radius 2 is 2.00 bits per heavy atom. The Morgan fingerprint density at radius 1 is 1.24 bits per heavy atom. The van der Waals surface area contributed by atoms with E-state index in [4.69, 9.17) is 16.3 Å². The van der Waals surface area contributed by atoms with Crippen molar-refractivity contribution in [3.63, 3.8) is 0 Å². The number of fused-ring (bicyclic) bond motifs is 1. The number of amides is 1. The summed E-state index contributed by atoms with van der Waals surface area (Å²) in [5, 5.41) is 13.2. The van der Waals surface area contributed by atoms with Crippen LogP contribution in [0.5, 0.6) is 0 Å². The van der Waals surface area contributed by atoms with Gasteiger partial charge in [0.15, 0.2) is 0 Å². The summed E-state index contributed by atoms with van der Waals surface area (Å²) < 4.78 is 33.5. The van der Waals surface area contributed by atoms with E-state index in [2.05, 4.69) is 0 Å². The van der Waals surface area contributed by atoms with Gasteiger partial charge in [0.05, 0.1) is 22.4 Å². The second kappa shape index (κ2) is 11.9. The number of carbonyl (C=O) groups is 1. The van der Waals surface area contributed by atoms with Crippen LogP contribution in [0.25, 0.3) is 0 Å². The Hall–Kier alpha value is -2.83. The number of carbonyl (C=O) groups excluding carboxylic acids is 1. The Morgan fingerprint density at radius 3 is 2.71 bits per heavy atom. The quantitative estimate of drug-likeness (QED) is 0.194. The van der Waals surface area contributed by atoms with Gasteiger partial charge in [0.2, 0.25) is 15.9 Å². The summed E-state index contributed by atoms with van der Waals surface area (Å²) in [5.74, 6) is -0.348. The third-order valence-electron chi connectivity index (χ3n) is 6.59. The molecule has 1 aliphatic rings. The van der Waals surface area contributed by atoms with Crippen molar-refractivity contribution in [1.82, 2.24) is 9.21 Å². The van der Waals surface area contributed by atoms with Gasteiger partial charge in [-0.2, -0.15) is 4.31 Å². The zero-order chi connectivity index (χ0) is 27.4. The van der Waals surface area contributed by atoms with E-state index in [0.29, 0.717) is 19.4 Å². The highest BCUT2D eigenvalue weighted by Crippen LogP contribution is 2.39. The number of methoxy groups -OCH3 is 1. The van der Waals surface area contributed by atoms with Crippen LogP contribution in [-0.2, 0) is 26.0 Å². The molecular formula is C26H28ClN3O6S2. The number of nitrogens with zero attached hydrogens (tertiary/aromatic N) is 3. The smallest absolute Gasteiger partial charge is 0.289 e. The zero-order valence-electron chi connectivity index (χ0n) is 21.0. The molecule has 0 radical (unpaired) electrons. The van der Waals surface area contributed by atoms with Crippen LogP contribution in [0.1, 0.15) is 34.0 Å². The average molecular weight is 578 g/mol. The highest BCUT2D eigenvalue weighted by molar-refractivity contribution is 7.89. The number of halogens is 1. The number of rotatable bonds is 10. The molecule has 0 aliphatic carbocycles. The number of sulfonamides is 1. The second-order valence-corrected chi connectivity index (χ2v) is 12.3. The minimum absolute atomic E-state index is 0.00487. The number of ether oxygens (including phenoxy) is 1. The molecule has 0 bridgehead atoms. The van der Waals surface area contributed by atoms with Gasteiger partial charge in [0.25, 0.3) is 5.69 Å². The highest BCUT2D eigenvalue weighted by Gasteiger charge is 2.36. The van der Waals surface area contributed by atoms with E-state index in [1.807, 2.05) is 42.6 Å². The summed E-state index contributed by atoms with van der Waals surface area (Å²) in [5.41, 5.74) is 2.55. The van der Waals surface area contributed by atoms with Crippen LogP contribution in [0.2, 0.25) is 5.02 Å². The van der Waals surface area contributed by atoms with Crippen molar-refractivity contribution in [2.45, 2.75) is 30.7 Å². The molecule has 9 nitrogen and oxygen atoms in total. The molecule has 4 rings (SSSR count). The zero-order valence-corrected chi connectivity index (χ0v) is 23.4. The minimum atomic E-state index is -4.26. The summed E-state index contributed by atoms with van der Waals surface area (Å²) in [7, 11) is -2.75. The molecule has 0 saturated carbocycles. The first-order chi connectivity index (χ1) is 18.1. The maximum atomic E-state index is 13.8. The summed E-state index contributed by atoms with van der Waals surface area (Å²) in [6.07, 6.45) is 1.02. The molecule has 0 N–H and O–H groups in total. The number of aryl methyl sites for hydroxylation is 1. The molecule has 0 saturated heterocycles. The predicted molar refractivity (Wildman–Crippen MR) is 146 cm³/mol. The first kappa shape index (κ1) is 28.2. The molecule has 2 heterocycles. The van der Waals surface area contributed by atoms with Crippen molar-refractivity contribution in [2.24, 2.45) is 0 Å². The van der Waals surface area contributed by atoms with E-state index in [1.165, 1.54) is 24.1 Å². The van der Waals surface area contributed by atoms with Gasteiger partial charge in [-0.3, -0.25) is 14.9 Å². The van der Waals surface area contributed by atoms with Crippen molar-refractivity contribution < 1.29 is 22.9 Å². The number of hydrogen-bond acceptors (Lipinski definition) is 7. The molecule has 1 unspecified atom stereocenters. The number of hydrogen-bond donors (Lipinski definition) is 0. The molecule has 1 amide bonds. The summed E-state index contributed by atoms with van der Waals surface area (Å²) in [6.45, 7) is 2.32. The number of nitro benzene ring substituents is 1. The van der Waals surface area contributed by atoms with Crippen molar-refractivity contribution in [1.29, 1.82) is 0 Å². The van der Waals surface area contributed by atoms with Crippen LogP contribution in [0.4, 0.5) is 5.69 Å². The van der Waals surface area contributed by atoms with E-state index in [1.54, 1.807) is 16.2 Å². The van der Waals surface area contributed by atoms with Crippen LogP contribution < -0.4 is 0 Å². The molecule has 38 heavy (non-hydrogen) atoms. The van der Waals surface area contributed by atoms with Gasteiger partial charge in [-0.1, -0.05) is 35.9 Å². The van der Waals surface area contributed by atoms with Crippen molar-refractivity contribution in [3.05, 3.63) is 90.6 Å². The Kier molecular flexibility index (Phi) is 8.84. The van der Waals surface area contributed by atoms with Gasteiger partial charge in [0, 0.05) is 37.7 Å². The molecule has 0 fully saturated rings. The molecule has 1 aromatic heterocycles. The SMILES string of the molecule is COCCCN(CC(=O)N1CCc2sccc2C1c1ccccc1C)S(=O)(=O)c1ccc(Cl)c([N+](=O)[O-])c1. The molecule has 0 spiro atoms. The summed E-state index contributed by atoms with van der Waals surface area (Å²) in [4.78, 5) is 27.1. The first-order valence-electron chi connectivity index (χ1n) is 12.0. The van der Waals surface area contributed by atoms with Gasteiger partial charge in [-0.25, -0.2) is 8.42 Å².